The second kappa shape index (κ2) is 4.99. The summed E-state index contributed by atoms with van der Waals surface area (Å²) in [7, 11) is 0. The average Bonchev–Trinajstić information content (AvgIpc) is 2.81. The molecule has 0 radical (unpaired) electrons. The Balaban J connectivity index is 2.27. The summed E-state index contributed by atoms with van der Waals surface area (Å²) in [6.45, 7) is 6.32. The van der Waals surface area contributed by atoms with Crippen LogP contribution >= 0.6 is 0 Å². The Kier molecular flexibility index (Phi) is 3.40. The van der Waals surface area contributed by atoms with Crippen LogP contribution in [0.1, 0.15) is 20.8 Å². The molecule has 0 aromatic carbocycles. The highest BCUT2D eigenvalue weighted by Crippen LogP contribution is 2.11. The number of nitrogen functional groups attached to an aromatic ring is 1. The molecule has 0 bridgehead atoms. The van der Waals surface area contributed by atoms with E-state index in [1.807, 2.05) is 0 Å². The van der Waals surface area contributed by atoms with Gasteiger partial charge in [0.05, 0.1) is 0 Å². The highest BCUT2D eigenvalue weighted by atomic mass is 15.3. The summed E-state index contributed by atoms with van der Waals surface area (Å²) in [6, 6.07) is 0.252. The molecule has 0 aliphatic carbocycles. The quantitative estimate of drug-likeness (QED) is 0.840. The molecule has 0 spiro atoms. The number of rotatable bonds is 4. The van der Waals surface area contributed by atoms with Gasteiger partial charge in [-0.2, -0.15) is 15.0 Å². The zero-order chi connectivity index (χ0) is 13.1. The molecule has 2 heterocycles. The number of anilines is 2. The van der Waals surface area contributed by atoms with Crippen molar-refractivity contribution in [2.75, 3.05) is 11.1 Å². The van der Waals surface area contributed by atoms with Crippen LogP contribution in [-0.4, -0.2) is 30.5 Å². The summed E-state index contributed by atoms with van der Waals surface area (Å²) < 4.78 is 1.68. The van der Waals surface area contributed by atoms with E-state index in [2.05, 4.69) is 46.0 Å². The van der Waals surface area contributed by atoms with Crippen LogP contribution in [0.4, 0.5) is 11.9 Å². The van der Waals surface area contributed by atoms with Gasteiger partial charge in [0, 0.05) is 18.4 Å². The lowest BCUT2D eigenvalue weighted by atomic mass is 10.1. The van der Waals surface area contributed by atoms with Gasteiger partial charge in [-0.25, -0.2) is 4.98 Å². The molecular weight excluding hydrogens is 230 g/mol. The van der Waals surface area contributed by atoms with Crippen molar-refractivity contribution in [2.45, 2.75) is 26.8 Å². The van der Waals surface area contributed by atoms with Crippen LogP contribution in [0, 0.1) is 5.92 Å². The number of nitrogens with one attached hydrogen (secondary N) is 1. The summed E-state index contributed by atoms with van der Waals surface area (Å²) in [5.74, 6) is 1.60. The topological polar surface area (TPSA) is 94.5 Å². The molecule has 2 rings (SSSR count). The van der Waals surface area contributed by atoms with Crippen molar-refractivity contribution in [3.63, 3.8) is 0 Å². The maximum atomic E-state index is 5.68. The average molecular weight is 247 g/mol. The van der Waals surface area contributed by atoms with Crippen LogP contribution in [0.5, 0.6) is 0 Å². The Hall–Kier alpha value is -2.18. The lowest BCUT2D eigenvalue weighted by Crippen LogP contribution is -2.23. The molecule has 7 nitrogen and oxygen atoms in total. The third-order valence-corrected chi connectivity index (χ3v) is 2.73. The Labute approximate surface area is 106 Å². The van der Waals surface area contributed by atoms with Gasteiger partial charge in [0.25, 0.3) is 0 Å². The largest absolute Gasteiger partial charge is 0.368 e. The Morgan fingerprint density at radius 1 is 1.22 bits per heavy atom. The number of aromatic nitrogens is 5. The predicted octanol–water partition coefficient (Wildman–Crippen LogP) is 1.10. The van der Waals surface area contributed by atoms with Gasteiger partial charge in [0.15, 0.2) is 0 Å². The number of hydrogen-bond donors (Lipinski definition) is 2. The number of nitrogens with two attached hydrogens (primary N) is 1. The number of nitrogens with zero attached hydrogens (tertiary/aromatic N) is 5. The van der Waals surface area contributed by atoms with E-state index in [9.17, 15) is 0 Å². The first kappa shape index (κ1) is 12.3. The fraction of sp³-hybridized carbons (Fsp3) is 0.455. The van der Waals surface area contributed by atoms with Gasteiger partial charge in [0.1, 0.15) is 6.33 Å². The second-order valence-corrected chi connectivity index (χ2v) is 4.46. The normalized spacial score (nSPS) is 12.7. The molecule has 0 fully saturated rings. The fourth-order valence-corrected chi connectivity index (χ4v) is 1.31. The van der Waals surface area contributed by atoms with Gasteiger partial charge in [0.2, 0.25) is 17.8 Å². The molecule has 0 saturated carbocycles. The summed E-state index contributed by atoms with van der Waals surface area (Å²) >= 11 is 0. The monoisotopic (exact) mass is 247 g/mol. The molecule has 3 N–H and O–H groups in total. The van der Waals surface area contributed by atoms with E-state index in [0.29, 0.717) is 17.8 Å². The van der Waals surface area contributed by atoms with Gasteiger partial charge in [-0.3, -0.25) is 4.57 Å². The smallest absolute Gasteiger partial charge is 0.241 e. The van der Waals surface area contributed by atoms with Crippen molar-refractivity contribution in [3.05, 3.63) is 18.7 Å². The molecule has 0 amide bonds. The molecule has 0 saturated heterocycles. The van der Waals surface area contributed by atoms with E-state index in [0.717, 1.165) is 0 Å². The highest BCUT2D eigenvalue weighted by Gasteiger charge is 2.11. The molecule has 7 heteroatoms. The van der Waals surface area contributed by atoms with E-state index in [1.54, 1.807) is 23.3 Å². The zero-order valence-corrected chi connectivity index (χ0v) is 10.7. The van der Waals surface area contributed by atoms with Crippen LogP contribution in [0.2, 0.25) is 0 Å². The molecule has 18 heavy (non-hydrogen) atoms. The van der Waals surface area contributed by atoms with Gasteiger partial charge >= 0.3 is 0 Å². The molecule has 1 atom stereocenters. The van der Waals surface area contributed by atoms with Crippen molar-refractivity contribution >= 4 is 11.9 Å². The molecule has 0 aliphatic rings. The lowest BCUT2D eigenvalue weighted by molar-refractivity contribution is 0.556. The molecular formula is C11H17N7. The first-order valence-electron chi connectivity index (χ1n) is 5.82. The van der Waals surface area contributed by atoms with E-state index in [4.69, 9.17) is 5.73 Å². The van der Waals surface area contributed by atoms with E-state index in [-0.39, 0.29) is 12.0 Å². The van der Waals surface area contributed by atoms with Crippen LogP contribution in [0.25, 0.3) is 5.95 Å². The van der Waals surface area contributed by atoms with Crippen molar-refractivity contribution in [1.29, 1.82) is 0 Å². The summed E-state index contributed by atoms with van der Waals surface area (Å²) in [5, 5.41) is 3.21. The van der Waals surface area contributed by atoms with E-state index in [1.165, 1.54) is 0 Å². The minimum Gasteiger partial charge on any atom is -0.368 e. The highest BCUT2D eigenvalue weighted by molar-refractivity contribution is 5.35. The summed E-state index contributed by atoms with van der Waals surface area (Å²) in [6.07, 6.45) is 5.03. The first-order chi connectivity index (χ1) is 8.56. The van der Waals surface area contributed by atoms with Crippen molar-refractivity contribution in [1.82, 2.24) is 24.5 Å². The molecule has 96 valence electrons. The van der Waals surface area contributed by atoms with Gasteiger partial charge in [-0.1, -0.05) is 13.8 Å². The minimum absolute atomic E-state index is 0.187. The van der Waals surface area contributed by atoms with Crippen molar-refractivity contribution in [3.8, 4) is 5.95 Å². The number of imidazole rings is 1. The number of hydrogen-bond acceptors (Lipinski definition) is 6. The van der Waals surface area contributed by atoms with Gasteiger partial charge in [-0.05, 0) is 12.8 Å². The first-order valence-corrected chi connectivity index (χ1v) is 5.82. The molecule has 1 unspecified atom stereocenters. The van der Waals surface area contributed by atoms with Crippen LogP contribution in [0.15, 0.2) is 18.7 Å². The summed E-state index contributed by atoms with van der Waals surface area (Å²) in [5.41, 5.74) is 5.68. The van der Waals surface area contributed by atoms with Crippen molar-refractivity contribution in [2.24, 2.45) is 5.92 Å². The SMILES string of the molecule is CC(C)C(C)Nc1nc(N)nc(-n2ccnc2)n1. The van der Waals surface area contributed by atoms with Crippen LogP contribution < -0.4 is 11.1 Å². The maximum absolute atomic E-state index is 5.68. The Morgan fingerprint density at radius 3 is 2.61 bits per heavy atom. The van der Waals surface area contributed by atoms with E-state index < -0.39 is 0 Å². The summed E-state index contributed by atoms with van der Waals surface area (Å²) in [4.78, 5) is 16.4. The Morgan fingerprint density at radius 2 is 2.00 bits per heavy atom. The van der Waals surface area contributed by atoms with Crippen LogP contribution in [-0.2, 0) is 0 Å². The minimum atomic E-state index is 0.187. The Bertz CT molecular complexity index is 506. The third kappa shape index (κ3) is 2.73. The standard InChI is InChI=1S/C11H17N7/c1-7(2)8(3)14-10-15-9(12)16-11(17-10)18-5-4-13-6-18/h4-8H,1-3H3,(H3,12,14,15,16,17). The molecule has 2 aromatic heterocycles. The third-order valence-electron chi connectivity index (χ3n) is 2.73. The second-order valence-electron chi connectivity index (χ2n) is 4.46. The van der Waals surface area contributed by atoms with Crippen molar-refractivity contribution < 1.29 is 0 Å². The lowest BCUT2D eigenvalue weighted by Gasteiger charge is -2.17. The molecule has 2 aromatic rings. The van der Waals surface area contributed by atoms with E-state index >= 15 is 0 Å². The zero-order valence-electron chi connectivity index (χ0n) is 10.7. The van der Waals surface area contributed by atoms with Crippen LogP contribution in [0.3, 0.4) is 0 Å². The van der Waals surface area contributed by atoms with Gasteiger partial charge < -0.3 is 11.1 Å². The predicted molar refractivity (Wildman–Crippen MR) is 69.3 cm³/mol. The fourth-order valence-electron chi connectivity index (χ4n) is 1.31. The molecule has 0 aliphatic heterocycles. The van der Waals surface area contributed by atoms with Gasteiger partial charge in [-0.15, -0.1) is 0 Å². The maximum Gasteiger partial charge on any atom is 0.241 e.